The Balaban J connectivity index is 1.80. The molecule has 3 atom stereocenters. The highest BCUT2D eigenvalue weighted by Crippen LogP contribution is 2.24. The van der Waals surface area contributed by atoms with E-state index >= 15 is 0 Å². The first-order valence-electron chi connectivity index (χ1n) is 8.06. The van der Waals surface area contributed by atoms with E-state index in [1.165, 1.54) is 0 Å². The molecule has 1 aliphatic carbocycles. The Hall–Kier alpha value is -1.40. The van der Waals surface area contributed by atoms with Crippen molar-refractivity contribution in [3.63, 3.8) is 0 Å². The Labute approximate surface area is 140 Å². The van der Waals surface area contributed by atoms with Crippen LogP contribution in [-0.2, 0) is 17.3 Å². The second kappa shape index (κ2) is 8.45. The molecular formula is C17H26N2O3S. The lowest BCUT2D eigenvalue weighted by atomic mass is 9.86. The lowest BCUT2D eigenvalue weighted by Gasteiger charge is -2.31. The minimum absolute atomic E-state index is 0.133. The van der Waals surface area contributed by atoms with E-state index in [0.29, 0.717) is 13.1 Å². The molecule has 0 aromatic heterocycles. The van der Waals surface area contributed by atoms with Crippen molar-refractivity contribution < 1.29 is 14.1 Å². The minimum atomic E-state index is -0.984. The topological polar surface area (TPSA) is 69.6 Å². The van der Waals surface area contributed by atoms with Crippen molar-refractivity contribution in [1.82, 2.24) is 10.2 Å². The summed E-state index contributed by atoms with van der Waals surface area (Å²) in [6.45, 7) is 1.02. The van der Waals surface area contributed by atoms with E-state index in [-0.39, 0.29) is 18.1 Å². The van der Waals surface area contributed by atoms with Crippen LogP contribution in [0.5, 0.6) is 0 Å². The second-order valence-electron chi connectivity index (χ2n) is 6.25. The zero-order chi connectivity index (χ0) is 16.8. The van der Waals surface area contributed by atoms with Gasteiger partial charge < -0.3 is 15.3 Å². The number of nitrogens with zero attached hydrogens (tertiary/aromatic N) is 1. The van der Waals surface area contributed by atoms with Crippen LogP contribution in [0.4, 0.5) is 4.79 Å². The summed E-state index contributed by atoms with van der Waals surface area (Å²) < 4.78 is 11.3. The molecule has 0 heterocycles. The van der Waals surface area contributed by atoms with Gasteiger partial charge in [0.25, 0.3) is 0 Å². The smallest absolute Gasteiger partial charge is 0.317 e. The highest BCUT2D eigenvalue weighted by molar-refractivity contribution is 7.84. The van der Waals surface area contributed by atoms with Crippen molar-refractivity contribution >= 4 is 16.8 Å². The highest BCUT2D eigenvalue weighted by Gasteiger charge is 2.25. The van der Waals surface area contributed by atoms with Crippen LogP contribution in [0.15, 0.2) is 29.2 Å². The van der Waals surface area contributed by atoms with Crippen molar-refractivity contribution in [1.29, 1.82) is 0 Å². The van der Waals surface area contributed by atoms with Gasteiger partial charge in [0, 0.05) is 48.0 Å². The number of aliphatic hydroxyl groups excluding tert-OH is 1. The number of hydrogen-bond donors (Lipinski definition) is 2. The lowest BCUT2D eigenvalue weighted by Crippen LogP contribution is -2.42. The third-order valence-electron chi connectivity index (χ3n) is 4.42. The largest absolute Gasteiger partial charge is 0.393 e. The molecule has 6 heteroatoms. The maximum atomic E-state index is 12.2. The summed E-state index contributed by atoms with van der Waals surface area (Å²) in [5, 5.41) is 12.9. The summed E-state index contributed by atoms with van der Waals surface area (Å²) in [5.74, 6) is 0.179. The number of rotatable bonds is 5. The van der Waals surface area contributed by atoms with E-state index in [0.717, 1.165) is 36.1 Å². The van der Waals surface area contributed by atoms with Gasteiger partial charge >= 0.3 is 6.03 Å². The predicted octanol–water partition coefficient (Wildman–Crippen LogP) is 2.12. The zero-order valence-electron chi connectivity index (χ0n) is 13.8. The molecule has 0 unspecified atom stereocenters. The molecule has 0 aliphatic heterocycles. The SMILES string of the molecule is CN(C[C@@H]1CCCC[C@H]1O)C(=O)NCc1ccc([S@](C)=O)cc1. The number of carbonyl (C=O) groups is 1. The third kappa shape index (κ3) is 5.32. The Kier molecular flexibility index (Phi) is 6.59. The number of aliphatic hydroxyl groups is 1. The van der Waals surface area contributed by atoms with Gasteiger partial charge in [-0.3, -0.25) is 4.21 Å². The van der Waals surface area contributed by atoms with E-state index in [1.807, 2.05) is 24.3 Å². The standard InChI is InChI=1S/C17H26N2O3S/c1-19(12-14-5-3-4-6-16(14)20)17(21)18-11-13-7-9-15(10-8-13)23(2)22/h7-10,14,16,20H,3-6,11-12H2,1-2H3,(H,18,21)/t14-,16+,23-/m0/s1. The molecule has 0 bridgehead atoms. The maximum Gasteiger partial charge on any atom is 0.317 e. The van der Waals surface area contributed by atoms with Crippen molar-refractivity contribution in [3.8, 4) is 0 Å². The average Bonchev–Trinajstić information content (AvgIpc) is 2.55. The molecule has 0 spiro atoms. The number of nitrogens with one attached hydrogen (secondary N) is 1. The minimum Gasteiger partial charge on any atom is -0.393 e. The van der Waals surface area contributed by atoms with Gasteiger partial charge in [0.2, 0.25) is 0 Å². The Morgan fingerprint density at radius 3 is 2.57 bits per heavy atom. The Bertz CT molecular complexity index is 547. The molecule has 2 N–H and O–H groups in total. The van der Waals surface area contributed by atoms with Crippen LogP contribution < -0.4 is 5.32 Å². The van der Waals surface area contributed by atoms with E-state index in [2.05, 4.69) is 5.32 Å². The number of hydrogen-bond acceptors (Lipinski definition) is 3. The molecule has 0 saturated heterocycles. The van der Waals surface area contributed by atoms with Gasteiger partial charge in [-0.25, -0.2) is 4.79 Å². The maximum absolute atomic E-state index is 12.2. The molecule has 1 aliphatic rings. The van der Waals surface area contributed by atoms with Crippen LogP contribution in [-0.4, -0.2) is 46.2 Å². The number of benzene rings is 1. The summed E-state index contributed by atoms with van der Waals surface area (Å²) in [5.41, 5.74) is 0.971. The normalized spacial score (nSPS) is 22.4. The number of urea groups is 1. The molecule has 23 heavy (non-hydrogen) atoms. The van der Waals surface area contributed by atoms with Crippen LogP contribution in [0, 0.1) is 5.92 Å². The molecule has 5 nitrogen and oxygen atoms in total. The van der Waals surface area contributed by atoms with E-state index in [1.54, 1.807) is 18.2 Å². The van der Waals surface area contributed by atoms with Crippen molar-refractivity contribution in [2.75, 3.05) is 19.8 Å². The zero-order valence-corrected chi connectivity index (χ0v) is 14.6. The monoisotopic (exact) mass is 338 g/mol. The van der Waals surface area contributed by atoms with Gasteiger partial charge in [0.05, 0.1) is 6.10 Å². The molecule has 1 aromatic carbocycles. The van der Waals surface area contributed by atoms with Crippen molar-refractivity contribution in [2.24, 2.45) is 5.92 Å². The van der Waals surface area contributed by atoms with Crippen LogP contribution in [0.2, 0.25) is 0 Å². The van der Waals surface area contributed by atoms with Gasteiger partial charge in [-0.05, 0) is 30.5 Å². The van der Waals surface area contributed by atoms with Gasteiger partial charge in [0.1, 0.15) is 0 Å². The molecule has 2 amide bonds. The first-order chi connectivity index (χ1) is 11.0. The molecule has 1 aromatic rings. The van der Waals surface area contributed by atoms with E-state index in [9.17, 15) is 14.1 Å². The molecule has 2 rings (SSSR count). The fourth-order valence-corrected chi connectivity index (χ4v) is 3.47. The van der Waals surface area contributed by atoms with Crippen LogP contribution in [0.1, 0.15) is 31.2 Å². The predicted molar refractivity (Wildman–Crippen MR) is 91.6 cm³/mol. The fourth-order valence-electron chi connectivity index (χ4n) is 2.95. The van der Waals surface area contributed by atoms with Crippen molar-refractivity contribution in [3.05, 3.63) is 29.8 Å². The first kappa shape index (κ1) is 17.9. The Morgan fingerprint density at radius 1 is 1.30 bits per heavy atom. The summed E-state index contributed by atoms with van der Waals surface area (Å²) in [6, 6.07) is 7.26. The quantitative estimate of drug-likeness (QED) is 0.864. The van der Waals surface area contributed by atoms with Gasteiger partial charge in [0.15, 0.2) is 0 Å². The Morgan fingerprint density at radius 2 is 1.96 bits per heavy atom. The second-order valence-corrected chi connectivity index (χ2v) is 7.63. The number of amides is 2. The molecular weight excluding hydrogens is 312 g/mol. The third-order valence-corrected chi connectivity index (χ3v) is 5.36. The van der Waals surface area contributed by atoms with Crippen LogP contribution >= 0.6 is 0 Å². The van der Waals surface area contributed by atoms with Crippen LogP contribution in [0.25, 0.3) is 0 Å². The van der Waals surface area contributed by atoms with Gasteiger partial charge in [-0.1, -0.05) is 25.0 Å². The van der Waals surface area contributed by atoms with Gasteiger partial charge in [-0.15, -0.1) is 0 Å². The lowest BCUT2D eigenvalue weighted by molar-refractivity contribution is 0.0565. The average molecular weight is 338 g/mol. The van der Waals surface area contributed by atoms with Crippen LogP contribution in [0.3, 0.4) is 0 Å². The van der Waals surface area contributed by atoms with Gasteiger partial charge in [-0.2, -0.15) is 0 Å². The number of carbonyl (C=O) groups excluding carboxylic acids is 1. The molecule has 1 fully saturated rings. The van der Waals surface area contributed by atoms with Crippen molar-refractivity contribution in [2.45, 2.75) is 43.2 Å². The fraction of sp³-hybridized carbons (Fsp3) is 0.588. The molecule has 128 valence electrons. The molecule has 0 radical (unpaired) electrons. The summed E-state index contributed by atoms with van der Waals surface area (Å²) in [4.78, 5) is 14.6. The molecule has 1 saturated carbocycles. The van der Waals surface area contributed by atoms with E-state index in [4.69, 9.17) is 0 Å². The summed E-state index contributed by atoms with van der Waals surface area (Å²) in [7, 11) is 0.779. The first-order valence-corrected chi connectivity index (χ1v) is 9.62. The highest BCUT2D eigenvalue weighted by atomic mass is 32.2. The summed E-state index contributed by atoms with van der Waals surface area (Å²) in [6.07, 6.45) is 5.38. The van der Waals surface area contributed by atoms with E-state index < -0.39 is 10.8 Å². The summed E-state index contributed by atoms with van der Waals surface area (Å²) >= 11 is 0.